The zero-order chi connectivity index (χ0) is 27.0. The molecule has 0 unspecified atom stereocenters. The van der Waals surface area contributed by atoms with Crippen LogP contribution in [0.3, 0.4) is 0 Å². The summed E-state index contributed by atoms with van der Waals surface area (Å²) >= 11 is 0. The highest BCUT2D eigenvalue weighted by molar-refractivity contribution is 7.87. The highest BCUT2D eigenvalue weighted by Crippen LogP contribution is 2.38. The molecule has 8 nitrogen and oxygen atoms in total. The zero-order valence-electron chi connectivity index (χ0n) is 22.3. The predicted molar refractivity (Wildman–Crippen MR) is 142 cm³/mol. The van der Waals surface area contributed by atoms with Gasteiger partial charge in [0.1, 0.15) is 17.4 Å². The number of benzene rings is 1. The van der Waals surface area contributed by atoms with Crippen molar-refractivity contribution in [2.24, 2.45) is 11.8 Å². The topological polar surface area (TPSA) is 91.8 Å². The molecule has 1 N–H and O–H groups in total. The number of hydrogen-bond acceptors (Lipinski definition) is 6. The Labute approximate surface area is 219 Å². The largest absolute Gasteiger partial charge is 0.493 e. The number of carbonyl (C=O) groups excluding carboxylic acids is 1. The number of aromatic nitrogens is 1. The van der Waals surface area contributed by atoms with Gasteiger partial charge in [0.15, 0.2) is 0 Å². The molecule has 0 aliphatic carbocycles. The van der Waals surface area contributed by atoms with E-state index in [9.17, 15) is 17.6 Å². The molecule has 1 atom stereocenters. The Morgan fingerprint density at radius 1 is 1.22 bits per heavy atom. The third kappa shape index (κ3) is 6.23. The lowest BCUT2D eigenvalue weighted by atomic mass is 9.97. The number of anilines is 1. The summed E-state index contributed by atoms with van der Waals surface area (Å²) in [5, 5.41) is 0. The number of nitrogens with zero attached hydrogens (tertiary/aromatic N) is 3. The first-order valence-corrected chi connectivity index (χ1v) is 14.3. The Bertz CT molecular complexity index is 1260. The molecule has 0 spiro atoms. The first-order chi connectivity index (χ1) is 17.4. The zero-order valence-corrected chi connectivity index (χ0v) is 23.1. The molecule has 2 aliphatic heterocycles. The minimum atomic E-state index is -3.95. The van der Waals surface area contributed by atoms with Gasteiger partial charge in [-0.2, -0.15) is 12.7 Å². The van der Waals surface area contributed by atoms with E-state index < -0.39 is 21.9 Å². The molecule has 4 rings (SSSR count). The van der Waals surface area contributed by atoms with Gasteiger partial charge in [-0.1, -0.05) is 20.8 Å². The summed E-state index contributed by atoms with van der Waals surface area (Å²) in [5.74, 6) is 0.251. The Morgan fingerprint density at radius 2 is 1.92 bits per heavy atom. The molecular weight excluding hydrogens is 495 g/mol. The number of rotatable bonds is 8. The second-order valence-corrected chi connectivity index (χ2v) is 12.9. The SMILES string of the molecule is CC(C)COc1cc(F)cc(-c2ccc(C(=O)NS(=O)(=O)N3CCCC3)c(N3C[C@@H](C)CC3(C)C)n2)c1. The molecule has 2 aromatic rings. The van der Waals surface area contributed by atoms with Crippen LogP contribution in [0.5, 0.6) is 5.75 Å². The lowest BCUT2D eigenvalue weighted by molar-refractivity contribution is 0.0979. The highest BCUT2D eigenvalue weighted by Gasteiger charge is 2.39. The number of hydrogen-bond donors (Lipinski definition) is 1. The van der Waals surface area contributed by atoms with Crippen LogP contribution in [-0.2, 0) is 10.2 Å². The quantitative estimate of drug-likeness (QED) is 0.534. The maximum atomic E-state index is 14.5. The Kier molecular flexibility index (Phi) is 7.80. The third-order valence-electron chi connectivity index (χ3n) is 6.83. The van der Waals surface area contributed by atoms with Crippen molar-refractivity contribution >= 4 is 21.9 Å². The second kappa shape index (κ2) is 10.6. The molecule has 0 saturated carbocycles. The summed E-state index contributed by atoms with van der Waals surface area (Å²) in [4.78, 5) is 20.2. The van der Waals surface area contributed by atoms with Gasteiger partial charge in [-0.05, 0) is 69.2 Å². The fourth-order valence-electron chi connectivity index (χ4n) is 5.17. The van der Waals surface area contributed by atoms with Gasteiger partial charge in [-0.15, -0.1) is 0 Å². The van der Waals surface area contributed by atoms with Crippen LogP contribution in [0.15, 0.2) is 30.3 Å². The summed E-state index contributed by atoms with van der Waals surface area (Å²) in [7, 11) is -3.95. The van der Waals surface area contributed by atoms with E-state index in [-0.39, 0.29) is 17.0 Å². The predicted octanol–water partition coefficient (Wildman–Crippen LogP) is 4.62. The van der Waals surface area contributed by atoms with Gasteiger partial charge in [0.05, 0.1) is 17.9 Å². The van der Waals surface area contributed by atoms with Gasteiger partial charge in [-0.25, -0.2) is 14.1 Å². The van der Waals surface area contributed by atoms with Crippen molar-refractivity contribution in [3.05, 3.63) is 41.7 Å². The summed E-state index contributed by atoms with van der Waals surface area (Å²) in [6, 6.07) is 7.64. The number of halogens is 1. The average Bonchev–Trinajstić information content (AvgIpc) is 3.44. The van der Waals surface area contributed by atoms with Crippen LogP contribution in [0.4, 0.5) is 10.2 Å². The van der Waals surface area contributed by atoms with Crippen molar-refractivity contribution in [1.82, 2.24) is 14.0 Å². The molecule has 0 radical (unpaired) electrons. The number of amides is 1. The lowest BCUT2D eigenvalue weighted by Gasteiger charge is -2.34. The first-order valence-electron chi connectivity index (χ1n) is 12.9. The highest BCUT2D eigenvalue weighted by atomic mass is 32.2. The summed E-state index contributed by atoms with van der Waals surface area (Å²) in [5.41, 5.74) is 0.850. The van der Waals surface area contributed by atoms with Crippen molar-refractivity contribution in [2.45, 2.75) is 59.4 Å². The number of nitrogens with one attached hydrogen (secondary N) is 1. The van der Waals surface area contributed by atoms with Crippen LogP contribution in [0.2, 0.25) is 0 Å². The number of ether oxygens (including phenoxy) is 1. The fourth-order valence-corrected chi connectivity index (χ4v) is 6.39. The maximum Gasteiger partial charge on any atom is 0.304 e. The first kappa shape index (κ1) is 27.3. The molecule has 10 heteroatoms. The number of pyridine rings is 1. The van der Waals surface area contributed by atoms with Crippen molar-refractivity contribution in [3.63, 3.8) is 0 Å². The van der Waals surface area contributed by atoms with Crippen LogP contribution in [0, 0.1) is 17.7 Å². The minimum absolute atomic E-state index is 0.168. The van der Waals surface area contributed by atoms with Crippen LogP contribution in [-0.4, -0.2) is 55.4 Å². The van der Waals surface area contributed by atoms with Crippen molar-refractivity contribution in [1.29, 1.82) is 0 Å². The number of carbonyl (C=O) groups is 1. The summed E-state index contributed by atoms with van der Waals surface area (Å²) < 4.78 is 49.4. The Morgan fingerprint density at radius 3 is 2.54 bits per heavy atom. The molecule has 1 amide bonds. The molecule has 1 aromatic heterocycles. The Balaban J connectivity index is 1.74. The van der Waals surface area contributed by atoms with Gasteiger partial charge >= 0.3 is 10.2 Å². The normalized spacial score (nSPS) is 20.0. The van der Waals surface area contributed by atoms with E-state index in [2.05, 4.69) is 25.5 Å². The Hall–Kier alpha value is -2.72. The van der Waals surface area contributed by atoms with E-state index in [1.54, 1.807) is 18.2 Å². The molecule has 0 bridgehead atoms. The molecule has 2 saturated heterocycles. The van der Waals surface area contributed by atoms with Gasteiger partial charge < -0.3 is 9.64 Å². The molecule has 202 valence electrons. The fraction of sp³-hybridized carbons (Fsp3) is 0.556. The molecule has 2 fully saturated rings. The molecule has 1 aromatic carbocycles. The van der Waals surface area contributed by atoms with Crippen molar-refractivity contribution in [2.75, 3.05) is 31.1 Å². The van der Waals surface area contributed by atoms with E-state index in [1.165, 1.54) is 16.4 Å². The van der Waals surface area contributed by atoms with Gasteiger partial charge in [0, 0.05) is 36.8 Å². The maximum absolute atomic E-state index is 14.5. The average molecular weight is 533 g/mol. The molecule has 2 aliphatic rings. The van der Waals surface area contributed by atoms with E-state index in [0.29, 0.717) is 55.0 Å². The van der Waals surface area contributed by atoms with Crippen molar-refractivity contribution < 1.29 is 22.3 Å². The lowest BCUT2D eigenvalue weighted by Crippen LogP contribution is -2.44. The van der Waals surface area contributed by atoms with E-state index in [1.807, 2.05) is 18.7 Å². The van der Waals surface area contributed by atoms with Crippen LogP contribution < -0.4 is 14.4 Å². The summed E-state index contributed by atoms with van der Waals surface area (Å²) in [6.45, 7) is 12.2. The van der Waals surface area contributed by atoms with E-state index in [4.69, 9.17) is 9.72 Å². The van der Waals surface area contributed by atoms with E-state index >= 15 is 0 Å². The van der Waals surface area contributed by atoms with Gasteiger partial charge in [-0.3, -0.25) is 4.79 Å². The van der Waals surface area contributed by atoms with Crippen LogP contribution in [0.1, 0.15) is 64.2 Å². The third-order valence-corrected chi connectivity index (χ3v) is 8.31. The van der Waals surface area contributed by atoms with Crippen LogP contribution in [0.25, 0.3) is 11.3 Å². The smallest absolute Gasteiger partial charge is 0.304 e. The minimum Gasteiger partial charge on any atom is -0.493 e. The van der Waals surface area contributed by atoms with E-state index in [0.717, 1.165) is 19.3 Å². The van der Waals surface area contributed by atoms with Crippen molar-refractivity contribution in [3.8, 4) is 17.0 Å². The molecular formula is C27H37FN4O4S. The van der Waals surface area contributed by atoms with Gasteiger partial charge in [0.25, 0.3) is 5.91 Å². The molecule has 3 heterocycles. The second-order valence-electron chi connectivity index (χ2n) is 11.2. The summed E-state index contributed by atoms with van der Waals surface area (Å²) in [6.07, 6.45) is 2.43. The monoisotopic (exact) mass is 532 g/mol. The molecule has 37 heavy (non-hydrogen) atoms. The van der Waals surface area contributed by atoms with Gasteiger partial charge in [0.2, 0.25) is 0 Å². The van der Waals surface area contributed by atoms with Crippen LogP contribution >= 0.6 is 0 Å². The standard InChI is InChI=1S/C27H37FN4O4S/c1-18(2)17-36-22-13-20(12-21(28)14-22)24-9-8-23(25(29-24)32-16-19(3)15-27(32,4)5)26(33)30-37(34,35)31-10-6-7-11-31/h8-9,12-14,18-19H,6-7,10-11,15-17H2,1-5H3,(H,30,33)/t19-/m0/s1.